The number of carbonyl (C=O) groups is 1. The van der Waals surface area contributed by atoms with Crippen LogP contribution in [0.3, 0.4) is 0 Å². The number of hydrogen-bond donors (Lipinski definition) is 1. The summed E-state index contributed by atoms with van der Waals surface area (Å²) < 4.78 is 1.10. The summed E-state index contributed by atoms with van der Waals surface area (Å²) in [6, 6.07) is 8.10. The quantitative estimate of drug-likeness (QED) is 0.887. The van der Waals surface area contributed by atoms with Crippen LogP contribution in [0, 0.1) is 0 Å². The lowest BCUT2D eigenvalue weighted by atomic mass is 10.2. The molecule has 2 heterocycles. The number of aryl methyl sites for hydroxylation is 1. The second kappa shape index (κ2) is 6.33. The van der Waals surface area contributed by atoms with Crippen molar-refractivity contribution in [1.82, 2.24) is 5.32 Å². The molecular formula is C12H12BrNOS2. The van der Waals surface area contributed by atoms with Gasteiger partial charge in [0.15, 0.2) is 0 Å². The SMILES string of the molecule is O=C(CCc1cccs1)NCc1ccc(Br)s1. The van der Waals surface area contributed by atoms with Crippen LogP contribution in [0.2, 0.25) is 0 Å². The van der Waals surface area contributed by atoms with E-state index in [2.05, 4.69) is 27.3 Å². The molecule has 90 valence electrons. The van der Waals surface area contributed by atoms with Gasteiger partial charge in [-0.15, -0.1) is 22.7 Å². The van der Waals surface area contributed by atoms with Crippen molar-refractivity contribution in [2.24, 2.45) is 0 Å². The standard InChI is InChI=1S/C12H12BrNOS2/c13-11-5-3-10(17-11)8-14-12(15)6-4-9-2-1-7-16-9/h1-3,5,7H,4,6,8H2,(H,14,15). The molecule has 0 saturated heterocycles. The van der Waals surface area contributed by atoms with Crippen molar-refractivity contribution in [2.75, 3.05) is 0 Å². The Hall–Kier alpha value is -0.650. The highest BCUT2D eigenvalue weighted by Crippen LogP contribution is 2.21. The second-order valence-electron chi connectivity index (χ2n) is 3.56. The fourth-order valence-electron chi connectivity index (χ4n) is 1.41. The van der Waals surface area contributed by atoms with Crippen LogP contribution >= 0.6 is 38.6 Å². The van der Waals surface area contributed by atoms with E-state index in [1.807, 2.05) is 23.6 Å². The van der Waals surface area contributed by atoms with Gasteiger partial charge in [0.25, 0.3) is 0 Å². The monoisotopic (exact) mass is 329 g/mol. The lowest BCUT2D eigenvalue weighted by molar-refractivity contribution is -0.121. The normalized spacial score (nSPS) is 10.4. The van der Waals surface area contributed by atoms with Crippen LogP contribution < -0.4 is 5.32 Å². The van der Waals surface area contributed by atoms with E-state index < -0.39 is 0 Å². The highest BCUT2D eigenvalue weighted by molar-refractivity contribution is 9.11. The summed E-state index contributed by atoms with van der Waals surface area (Å²) in [6.07, 6.45) is 1.39. The van der Waals surface area contributed by atoms with Gasteiger partial charge in [0.2, 0.25) is 5.91 Å². The van der Waals surface area contributed by atoms with Gasteiger partial charge in [0.05, 0.1) is 10.3 Å². The van der Waals surface area contributed by atoms with E-state index in [1.54, 1.807) is 22.7 Å². The van der Waals surface area contributed by atoms with Crippen LogP contribution in [0.1, 0.15) is 16.2 Å². The third kappa shape index (κ3) is 4.26. The summed E-state index contributed by atoms with van der Waals surface area (Å²) in [5.41, 5.74) is 0. The van der Waals surface area contributed by atoms with E-state index in [0.29, 0.717) is 13.0 Å². The first-order chi connectivity index (χ1) is 8.24. The average molecular weight is 330 g/mol. The Kier molecular flexibility index (Phi) is 4.76. The number of amides is 1. The molecule has 0 aliphatic rings. The Balaban J connectivity index is 1.71. The Morgan fingerprint density at radius 2 is 2.18 bits per heavy atom. The molecule has 1 amide bonds. The van der Waals surface area contributed by atoms with Crippen LogP contribution in [-0.2, 0) is 17.8 Å². The fraction of sp³-hybridized carbons (Fsp3) is 0.250. The third-order valence-corrected chi connectivity index (χ3v) is 4.83. The Bertz CT molecular complexity index is 478. The predicted octanol–water partition coefficient (Wildman–Crippen LogP) is 3.82. The van der Waals surface area contributed by atoms with E-state index in [0.717, 1.165) is 10.2 Å². The molecule has 0 aliphatic carbocycles. The van der Waals surface area contributed by atoms with E-state index in [4.69, 9.17) is 0 Å². The maximum absolute atomic E-state index is 11.6. The Labute approximate surface area is 117 Å². The lowest BCUT2D eigenvalue weighted by Crippen LogP contribution is -2.22. The molecule has 0 atom stereocenters. The minimum atomic E-state index is 0.114. The van der Waals surface area contributed by atoms with Crippen LogP contribution in [0.5, 0.6) is 0 Å². The molecule has 5 heteroatoms. The van der Waals surface area contributed by atoms with Crippen LogP contribution in [0.25, 0.3) is 0 Å². The molecule has 0 aromatic carbocycles. The maximum Gasteiger partial charge on any atom is 0.220 e. The molecule has 2 aromatic rings. The van der Waals surface area contributed by atoms with E-state index >= 15 is 0 Å². The van der Waals surface area contributed by atoms with E-state index in [1.165, 1.54) is 9.75 Å². The van der Waals surface area contributed by atoms with E-state index in [-0.39, 0.29) is 5.91 Å². The molecule has 1 N–H and O–H groups in total. The summed E-state index contributed by atoms with van der Waals surface area (Å²) in [6.45, 7) is 0.625. The summed E-state index contributed by atoms with van der Waals surface area (Å²) in [5, 5.41) is 4.97. The van der Waals surface area contributed by atoms with Gasteiger partial charge in [0, 0.05) is 16.2 Å². The number of carbonyl (C=O) groups excluding carboxylic acids is 1. The van der Waals surface area contributed by atoms with Crippen molar-refractivity contribution in [1.29, 1.82) is 0 Å². The largest absolute Gasteiger partial charge is 0.351 e. The molecular weight excluding hydrogens is 318 g/mol. The van der Waals surface area contributed by atoms with Crippen LogP contribution in [-0.4, -0.2) is 5.91 Å². The topological polar surface area (TPSA) is 29.1 Å². The molecule has 0 spiro atoms. The van der Waals surface area contributed by atoms with Crippen molar-refractivity contribution in [3.63, 3.8) is 0 Å². The fourth-order valence-corrected chi connectivity index (χ4v) is 3.54. The number of halogens is 1. The molecule has 2 rings (SSSR count). The zero-order valence-electron chi connectivity index (χ0n) is 9.11. The van der Waals surface area contributed by atoms with Crippen molar-refractivity contribution in [2.45, 2.75) is 19.4 Å². The van der Waals surface area contributed by atoms with Crippen molar-refractivity contribution < 1.29 is 4.79 Å². The Morgan fingerprint density at radius 1 is 1.29 bits per heavy atom. The van der Waals surface area contributed by atoms with Gasteiger partial charge in [-0.3, -0.25) is 4.79 Å². The average Bonchev–Trinajstić information content (AvgIpc) is 2.95. The first-order valence-electron chi connectivity index (χ1n) is 5.27. The number of thiophene rings is 2. The van der Waals surface area contributed by atoms with Crippen molar-refractivity contribution >= 4 is 44.5 Å². The predicted molar refractivity (Wildman–Crippen MR) is 76.5 cm³/mol. The molecule has 0 unspecified atom stereocenters. The zero-order valence-corrected chi connectivity index (χ0v) is 12.3. The number of nitrogens with one attached hydrogen (secondary N) is 1. The minimum absolute atomic E-state index is 0.114. The summed E-state index contributed by atoms with van der Waals surface area (Å²) in [5.74, 6) is 0.114. The van der Waals surface area contributed by atoms with Crippen molar-refractivity contribution in [3.05, 3.63) is 43.2 Å². The molecule has 0 bridgehead atoms. The smallest absolute Gasteiger partial charge is 0.220 e. The number of hydrogen-bond acceptors (Lipinski definition) is 3. The van der Waals surface area contributed by atoms with Gasteiger partial charge in [0.1, 0.15) is 0 Å². The molecule has 0 saturated carbocycles. The molecule has 0 radical (unpaired) electrons. The van der Waals surface area contributed by atoms with Gasteiger partial charge >= 0.3 is 0 Å². The lowest BCUT2D eigenvalue weighted by Gasteiger charge is -2.02. The first kappa shape index (κ1) is 12.8. The minimum Gasteiger partial charge on any atom is -0.351 e. The highest BCUT2D eigenvalue weighted by Gasteiger charge is 2.04. The van der Waals surface area contributed by atoms with Gasteiger partial charge < -0.3 is 5.32 Å². The van der Waals surface area contributed by atoms with Gasteiger partial charge in [-0.05, 0) is 45.9 Å². The van der Waals surface area contributed by atoms with Gasteiger partial charge in [-0.2, -0.15) is 0 Å². The first-order valence-corrected chi connectivity index (χ1v) is 7.76. The summed E-state index contributed by atoms with van der Waals surface area (Å²) in [7, 11) is 0. The Morgan fingerprint density at radius 3 is 2.82 bits per heavy atom. The molecule has 2 aromatic heterocycles. The van der Waals surface area contributed by atoms with E-state index in [9.17, 15) is 4.79 Å². The zero-order chi connectivity index (χ0) is 12.1. The second-order valence-corrected chi connectivity index (χ2v) is 7.14. The van der Waals surface area contributed by atoms with Crippen LogP contribution in [0.4, 0.5) is 0 Å². The van der Waals surface area contributed by atoms with Gasteiger partial charge in [-0.25, -0.2) is 0 Å². The third-order valence-electron chi connectivity index (χ3n) is 2.27. The maximum atomic E-state index is 11.6. The molecule has 17 heavy (non-hydrogen) atoms. The summed E-state index contributed by atoms with van der Waals surface area (Å²) in [4.78, 5) is 14.0. The number of rotatable bonds is 5. The molecule has 0 fully saturated rings. The summed E-state index contributed by atoms with van der Waals surface area (Å²) >= 11 is 6.75. The van der Waals surface area contributed by atoms with Crippen molar-refractivity contribution in [3.8, 4) is 0 Å². The van der Waals surface area contributed by atoms with Gasteiger partial charge in [-0.1, -0.05) is 6.07 Å². The molecule has 0 aliphatic heterocycles. The highest BCUT2D eigenvalue weighted by atomic mass is 79.9. The van der Waals surface area contributed by atoms with Crippen LogP contribution in [0.15, 0.2) is 33.4 Å². The molecule has 2 nitrogen and oxygen atoms in total.